The third-order valence-corrected chi connectivity index (χ3v) is 1.32. The fourth-order valence-electron chi connectivity index (χ4n) is 0.781. The summed E-state index contributed by atoms with van der Waals surface area (Å²) in [4.78, 5) is 10.9. The SMILES string of the molecule is [CH2]C(O)(CCC)C(=O)OCC. The standard InChI is InChI=1S/C8H15O3/c1-4-6-8(3,10)7(9)11-5-2/h10H,3-6H2,1-2H3. The lowest BCUT2D eigenvalue weighted by atomic mass is 10.0. The molecule has 0 aromatic carbocycles. The minimum atomic E-state index is -1.55. The highest BCUT2D eigenvalue weighted by atomic mass is 16.5. The Morgan fingerprint density at radius 2 is 2.18 bits per heavy atom. The molecule has 0 saturated heterocycles. The molecule has 0 spiro atoms. The lowest BCUT2D eigenvalue weighted by Gasteiger charge is -2.19. The third-order valence-electron chi connectivity index (χ3n) is 1.32. The largest absolute Gasteiger partial charge is 0.464 e. The average molecular weight is 159 g/mol. The minimum Gasteiger partial charge on any atom is -0.464 e. The van der Waals surface area contributed by atoms with Crippen molar-refractivity contribution in [3.63, 3.8) is 0 Å². The van der Waals surface area contributed by atoms with Crippen LogP contribution in [0.5, 0.6) is 0 Å². The molecule has 65 valence electrons. The van der Waals surface area contributed by atoms with Crippen LogP contribution in [0, 0.1) is 6.92 Å². The van der Waals surface area contributed by atoms with Gasteiger partial charge in [-0.15, -0.1) is 0 Å². The van der Waals surface area contributed by atoms with Crippen molar-refractivity contribution in [1.29, 1.82) is 0 Å². The normalized spacial score (nSPS) is 15.6. The number of aliphatic hydroxyl groups is 1. The first-order valence-electron chi connectivity index (χ1n) is 3.79. The molecule has 0 heterocycles. The second-order valence-corrected chi connectivity index (χ2v) is 2.50. The van der Waals surface area contributed by atoms with Gasteiger partial charge in [-0.2, -0.15) is 0 Å². The predicted molar refractivity (Wildman–Crippen MR) is 41.8 cm³/mol. The average Bonchev–Trinajstić information content (AvgIpc) is 1.88. The van der Waals surface area contributed by atoms with Gasteiger partial charge in [-0.3, -0.25) is 0 Å². The molecule has 1 unspecified atom stereocenters. The van der Waals surface area contributed by atoms with Crippen LogP contribution in [0.2, 0.25) is 0 Å². The predicted octanol–water partition coefficient (Wildman–Crippen LogP) is 0.915. The molecule has 3 heteroatoms. The highest BCUT2D eigenvalue weighted by molar-refractivity contribution is 5.79. The molecule has 0 fully saturated rings. The van der Waals surface area contributed by atoms with E-state index in [1.165, 1.54) is 0 Å². The quantitative estimate of drug-likeness (QED) is 0.620. The van der Waals surface area contributed by atoms with Gasteiger partial charge in [0.1, 0.15) is 0 Å². The summed E-state index contributed by atoms with van der Waals surface area (Å²) in [6.45, 7) is 7.20. The Labute approximate surface area is 67.4 Å². The molecule has 11 heavy (non-hydrogen) atoms. The number of hydrogen-bond acceptors (Lipinski definition) is 3. The fourth-order valence-corrected chi connectivity index (χ4v) is 0.781. The monoisotopic (exact) mass is 159 g/mol. The van der Waals surface area contributed by atoms with Gasteiger partial charge < -0.3 is 9.84 Å². The Morgan fingerprint density at radius 1 is 1.64 bits per heavy atom. The van der Waals surface area contributed by atoms with E-state index in [2.05, 4.69) is 11.7 Å². The van der Waals surface area contributed by atoms with Crippen LogP contribution in [-0.4, -0.2) is 23.3 Å². The number of hydrogen-bond donors (Lipinski definition) is 1. The van der Waals surface area contributed by atoms with Crippen molar-refractivity contribution in [2.45, 2.75) is 32.3 Å². The lowest BCUT2D eigenvalue weighted by Crippen LogP contribution is -2.36. The molecule has 0 bridgehead atoms. The molecule has 0 aliphatic rings. The second kappa shape index (κ2) is 4.34. The van der Waals surface area contributed by atoms with E-state index in [9.17, 15) is 9.90 Å². The molecule has 1 N–H and O–H groups in total. The zero-order valence-electron chi connectivity index (χ0n) is 7.09. The summed E-state index contributed by atoms with van der Waals surface area (Å²) in [5, 5.41) is 9.33. The van der Waals surface area contributed by atoms with Crippen molar-refractivity contribution in [2.24, 2.45) is 0 Å². The van der Waals surface area contributed by atoms with Crippen LogP contribution >= 0.6 is 0 Å². The van der Waals surface area contributed by atoms with Crippen molar-refractivity contribution >= 4 is 5.97 Å². The molecule has 3 nitrogen and oxygen atoms in total. The van der Waals surface area contributed by atoms with Gasteiger partial charge in [0, 0.05) is 0 Å². The smallest absolute Gasteiger partial charge is 0.338 e. The highest BCUT2D eigenvalue weighted by Gasteiger charge is 2.30. The maximum absolute atomic E-state index is 10.9. The van der Waals surface area contributed by atoms with Gasteiger partial charge in [0.05, 0.1) is 6.61 Å². The first-order valence-corrected chi connectivity index (χ1v) is 3.79. The van der Waals surface area contributed by atoms with E-state index >= 15 is 0 Å². The summed E-state index contributed by atoms with van der Waals surface area (Å²) in [6, 6.07) is 0. The molecule has 0 saturated carbocycles. The summed E-state index contributed by atoms with van der Waals surface area (Å²) in [5.41, 5.74) is -1.55. The van der Waals surface area contributed by atoms with E-state index in [0.29, 0.717) is 12.8 Å². The van der Waals surface area contributed by atoms with E-state index in [-0.39, 0.29) is 6.61 Å². The van der Waals surface area contributed by atoms with E-state index in [4.69, 9.17) is 0 Å². The van der Waals surface area contributed by atoms with Gasteiger partial charge >= 0.3 is 5.97 Å². The molecule has 1 radical (unpaired) electrons. The minimum absolute atomic E-state index is 0.278. The highest BCUT2D eigenvalue weighted by Crippen LogP contribution is 2.12. The van der Waals surface area contributed by atoms with Crippen LogP contribution in [-0.2, 0) is 9.53 Å². The lowest BCUT2D eigenvalue weighted by molar-refractivity contribution is -0.160. The Bertz CT molecular complexity index is 129. The summed E-state index contributed by atoms with van der Waals surface area (Å²) in [5.74, 6) is -0.637. The van der Waals surface area contributed by atoms with Gasteiger partial charge in [0.2, 0.25) is 0 Å². The number of carbonyl (C=O) groups excluding carboxylic acids is 1. The van der Waals surface area contributed by atoms with Crippen molar-refractivity contribution in [3.05, 3.63) is 6.92 Å². The summed E-state index contributed by atoms with van der Waals surface area (Å²) in [7, 11) is 0. The fraction of sp³-hybridized carbons (Fsp3) is 0.750. The van der Waals surface area contributed by atoms with E-state index in [1.807, 2.05) is 6.92 Å². The first kappa shape index (κ1) is 10.4. The Kier molecular flexibility index (Phi) is 4.11. The topological polar surface area (TPSA) is 46.5 Å². The maximum atomic E-state index is 10.9. The number of esters is 1. The van der Waals surface area contributed by atoms with E-state index in [1.54, 1.807) is 6.92 Å². The van der Waals surface area contributed by atoms with Gasteiger partial charge in [-0.05, 0) is 20.3 Å². The number of carbonyl (C=O) groups is 1. The molecule has 0 amide bonds. The zero-order valence-corrected chi connectivity index (χ0v) is 7.09. The van der Waals surface area contributed by atoms with Gasteiger partial charge in [0.15, 0.2) is 5.60 Å². The van der Waals surface area contributed by atoms with Crippen molar-refractivity contribution in [1.82, 2.24) is 0 Å². The van der Waals surface area contributed by atoms with Crippen LogP contribution in [0.15, 0.2) is 0 Å². The maximum Gasteiger partial charge on any atom is 0.338 e. The molecule has 0 rings (SSSR count). The van der Waals surface area contributed by atoms with Crippen LogP contribution in [0.3, 0.4) is 0 Å². The summed E-state index contributed by atoms with van der Waals surface area (Å²) < 4.78 is 4.61. The van der Waals surface area contributed by atoms with Gasteiger partial charge in [-0.1, -0.05) is 13.3 Å². The molecule has 0 aliphatic heterocycles. The van der Waals surface area contributed by atoms with Crippen LogP contribution in [0.4, 0.5) is 0 Å². The van der Waals surface area contributed by atoms with Crippen LogP contribution in [0.25, 0.3) is 0 Å². The summed E-state index contributed by atoms with van der Waals surface area (Å²) >= 11 is 0. The van der Waals surface area contributed by atoms with Crippen molar-refractivity contribution in [2.75, 3.05) is 6.61 Å². The van der Waals surface area contributed by atoms with Gasteiger partial charge in [-0.25, -0.2) is 4.79 Å². The molecule has 0 aromatic rings. The van der Waals surface area contributed by atoms with E-state index in [0.717, 1.165) is 0 Å². The second-order valence-electron chi connectivity index (χ2n) is 2.50. The van der Waals surface area contributed by atoms with Crippen molar-refractivity contribution < 1.29 is 14.6 Å². The first-order chi connectivity index (χ1) is 5.04. The Morgan fingerprint density at radius 3 is 2.55 bits per heavy atom. The van der Waals surface area contributed by atoms with Gasteiger partial charge in [0.25, 0.3) is 0 Å². The summed E-state index contributed by atoms with van der Waals surface area (Å²) in [6.07, 6.45) is 1.05. The molecule has 0 aromatic heterocycles. The molecular weight excluding hydrogens is 144 g/mol. The third kappa shape index (κ3) is 3.37. The Hall–Kier alpha value is -0.570. The van der Waals surface area contributed by atoms with Crippen LogP contribution in [0.1, 0.15) is 26.7 Å². The number of rotatable bonds is 4. The Balaban J connectivity index is 3.94. The van der Waals surface area contributed by atoms with Crippen LogP contribution < -0.4 is 0 Å². The zero-order chi connectivity index (χ0) is 8.91. The number of ether oxygens (including phenoxy) is 1. The molecule has 0 aliphatic carbocycles. The van der Waals surface area contributed by atoms with Crippen molar-refractivity contribution in [3.8, 4) is 0 Å². The molecular formula is C8H15O3. The van der Waals surface area contributed by atoms with E-state index < -0.39 is 11.6 Å². The molecule has 1 atom stereocenters.